The van der Waals surface area contributed by atoms with E-state index < -0.39 is 5.97 Å². The molecule has 0 unspecified atom stereocenters. The normalized spacial score (nSPS) is 10.4. The molecule has 78 valence electrons. The van der Waals surface area contributed by atoms with Crippen molar-refractivity contribution in [2.75, 3.05) is 13.7 Å². The van der Waals surface area contributed by atoms with Crippen molar-refractivity contribution in [3.63, 3.8) is 0 Å². The zero-order chi connectivity index (χ0) is 10.4. The van der Waals surface area contributed by atoms with Crippen LogP contribution in [0.1, 0.15) is 11.5 Å². The Hall–Kier alpha value is -1.40. The number of hydrogen-bond donors (Lipinski definition) is 2. The molecule has 1 heterocycles. The number of hydrogen-bond acceptors (Lipinski definition) is 5. The summed E-state index contributed by atoms with van der Waals surface area (Å²) < 4.78 is 9.74. The van der Waals surface area contributed by atoms with Crippen molar-refractivity contribution in [2.45, 2.75) is 13.2 Å². The number of carboxylic acids is 1. The van der Waals surface area contributed by atoms with Crippen LogP contribution in [-0.2, 0) is 22.7 Å². The topological polar surface area (TPSA) is 84.6 Å². The van der Waals surface area contributed by atoms with E-state index in [9.17, 15) is 4.79 Å². The van der Waals surface area contributed by atoms with Gasteiger partial charge in [-0.05, 0) is 0 Å². The van der Waals surface area contributed by atoms with Crippen LogP contribution in [0, 0.1) is 0 Å². The second-order valence-corrected chi connectivity index (χ2v) is 2.71. The van der Waals surface area contributed by atoms with Crippen molar-refractivity contribution in [1.29, 1.82) is 0 Å². The van der Waals surface area contributed by atoms with E-state index in [-0.39, 0.29) is 6.54 Å². The van der Waals surface area contributed by atoms with Crippen LogP contribution in [-0.4, -0.2) is 29.9 Å². The number of ether oxygens (including phenoxy) is 1. The molecule has 0 fully saturated rings. The third-order valence-electron chi connectivity index (χ3n) is 1.48. The van der Waals surface area contributed by atoms with Crippen molar-refractivity contribution < 1.29 is 19.2 Å². The highest BCUT2D eigenvalue weighted by molar-refractivity contribution is 5.68. The molecule has 14 heavy (non-hydrogen) atoms. The molecule has 1 aromatic rings. The van der Waals surface area contributed by atoms with E-state index in [0.717, 1.165) is 0 Å². The van der Waals surface area contributed by atoms with E-state index in [2.05, 4.69) is 10.5 Å². The minimum absolute atomic E-state index is 0.0908. The van der Waals surface area contributed by atoms with Crippen molar-refractivity contribution in [2.24, 2.45) is 0 Å². The molecule has 0 saturated carbocycles. The summed E-state index contributed by atoms with van der Waals surface area (Å²) >= 11 is 0. The Balaban J connectivity index is 2.32. The van der Waals surface area contributed by atoms with Gasteiger partial charge in [0.25, 0.3) is 0 Å². The Morgan fingerprint density at radius 2 is 2.57 bits per heavy atom. The molecule has 0 bridgehead atoms. The number of carboxylic acid groups (broad SMARTS) is 1. The number of aliphatic carboxylic acids is 1. The lowest BCUT2D eigenvalue weighted by Crippen LogP contribution is -2.21. The van der Waals surface area contributed by atoms with Crippen LogP contribution in [0.3, 0.4) is 0 Å². The summed E-state index contributed by atoms with van der Waals surface area (Å²) in [5.41, 5.74) is 0.665. The third kappa shape index (κ3) is 3.55. The first kappa shape index (κ1) is 10.7. The van der Waals surface area contributed by atoms with Gasteiger partial charge in [-0.3, -0.25) is 4.79 Å². The van der Waals surface area contributed by atoms with Gasteiger partial charge in [0.1, 0.15) is 6.61 Å². The van der Waals surface area contributed by atoms with Crippen LogP contribution in [0.2, 0.25) is 0 Å². The summed E-state index contributed by atoms with van der Waals surface area (Å²) in [7, 11) is 1.56. The van der Waals surface area contributed by atoms with E-state index in [4.69, 9.17) is 14.4 Å². The Morgan fingerprint density at radius 1 is 1.79 bits per heavy atom. The molecule has 6 nitrogen and oxygen atoms in total. The standard InChI is InChI=1S/C8H12N2O4/c1-13-5-7-2-6(10-14-7)3-9-4-8(11)12/h2,9H,3-5H2,1H3,(H,11,12). The lowest BCUT2D eigenvalue weighted by Gasteiger charge is -1.95. The summed E-state index contributed by atoms with van der Waals surface area (Å²) in [5, 5.41) is 14.8. The fourth-order valence-electron chi connectivity index (χ4n) is 0.947. The number of rotatable bonds is 6. The second-order valence-electron chi connectivity index (χ2n) is 2.71. The van der Waals surface area contributed by atoms with E-state index in [1.807, 2.05) is 0 Å². The van der Waals surface area contributed by atoms with Gasteiger partial charge in [0.2, 0.25) is 0 Å². The van der Waals surface area contributed by atoms with E-state index in [0.29, 0.717) is 24.6 Å². The van der Waals surface area contributed by atoms with Gasteiger partial charge >= 0.3 is 5.97 Å². The molecule has 0 aliphatic heterocycles. The lowest BCUT2D eigenvalue weighted by molar-refractivity contribution is -0.136. The average Bonchev–Trinajstić information content (AvgIpc) is 2.53. The summed E-state index contributed by atoms with van der Waals surface area (Å²) in [6.07, 6.45) is 0. The van der Waals surface area contributed by atoms with Gasteiger partial charge in [0.15, 0.2) is 5.76 Å². The summed E-state index contributed by atoms with van der Waals surface area (Å²) in [5.74, 6) is -0.273. The first-order valence-corrected chi connectivity index (χ1v) is 4.08. The monoisotopic (exact) mass is 200 g/mol. The first-order valence-electron chi connectivity index (χ1n) is 4.08. The molecule has 0 aliphatic carbocycles. The maximum Gasteiger partial charge on any atom is 0.317 e. The maximum absolute atomic E-state index is 10.2. The fourth-order valence-corrected chi connectivity index (χ4v) is 0.947. The van der Waals surface area contributed by atoms with Crippen LogP contribution in [0.4, 0.5) is 0 Å². The van der Waals surface area contributed by atoms with Crippen molar-refractivity contribution in [3.8, 4) is 0 Å². The van der Waals surface area contributed by atoms with Gasteiger partial charge in [-0.2, -0.15) is 0 Å². The van der Waals surface area contributed by atoms with Gasteiger partial charge in [0, 0.05) is 19.7 Å². The largest absolute Gasteiger partial charge is 0.480 e. The lowest BCUT2D eigenvalue weighted by atomic mass is 10.3. The average molecular weight is 200 g/mol. The maximum atomic E-state index is 10.2. The van der Waals surface area contributed by atoms with Gasteiger partial charge in [-0.25, -0.2) is 0 Å². The minimum Gasteiger partial charge on any atom is -0.480 e. The van der Waals surface area contributed by atoms with Gasteiger partial charge in [0.05, 0.1) is 12.2 Å². The van der Waals surface area contributed by atoms with Gasteiger partial charge < -0.3 is 19.7 Å². The molecule has 6 heteroatoms. The van der Waals surface area contributed by atoms with Crippen molar-refractivity contribution >= 4 is 5.97 Å². The SMILES string of the molecule is COCc1cc(CNCC(=O)O)no1. The van der Waals surface area contributed by atoms with Crippen molar-refractivity contribution in [3.05, 3.63) is 17.5 Å². The third-order valence-corrected chi connectivity index (χ3v) is 1.48. The molecule has 0 saturated heterocycles. The minimum atomic E-state index is -0.898. The Labute approximate surface area is 80.8 Å². The quantitative estimate of drug-likeness (QED) is 0.672. The van der Waals surface area contributed by atoms with Crippen LogP contribution in [0.15, 0.2) is 10.6 Å². The molecule has 1 aromatic heterocycles. The number of aromatic nitrogens is 1. The van der Waals surface area contributed by atoms with Crippen LogP contribution in [0.5, 0.6) is 0 Å². The molecule has 0 radical (unpaired) electrons. The molecule has 0 spiro atoms. The highest BCUT2D eigenvalue weighted by Gasteiger charge is 2.03. The molecular weight excluding hydrogens is 188 g/mol. The van der Waals surface area contributed by atoms with Crippen LogP contribution < -0.4 is 5.32 Å². The molecule has 2 N–H and O–H groups in total. The Morgan fingerprint density at radius 3 is 3.21 bits per heavy atom. The van der Waals surface area contributed by atoms with Crippen molar-refractivity contribution in [1.82, 2.24) is 10.5 Å². The number of nitrogens with zero attached hydrogens (tertiary/aromatic N) is 1. The Bertz CT molecular complexity index is 297. The summed E-state index contributed by atoms with van der Waals surface area (Å²) in [6, 6.07) is 1.72. The van der Waals surface area contributed by atoms with E-state index in [1.54, 1.807) is 13.2 Å². The fraction of sp³-hybridized carbons (Fsp3) is 0.500. The summed E-state index contributed by atoms with van der Waals surface area (Å²) in [4.78, 5) is 10.2. The first-order chi connectivity index (χ1) is 6.72. The number of carbonyl (C=O) groups is 1. The van der Waals surface area contributed by atoms with Gasteiger partial charge in [-0.15, -0.1) is 0 Å². The van der Waals surface area contributed by atoms with E-state index >= 15 is 0 Å². The second kappa shape index (κ2) is 5.36. The number of methoxy groups -OCH3 is 1. The molecule has 0 atom stereocenters. The highest BCUT2D eigenvalue weighted by atomic mass is 16.5. The highest BCUT2D eigenvalue weighted by Crippen LogP contribution is 2.03. The van der Waals surface area contributed by atoms with Crippen LogP contribution >= 0.6 is 0 Å². The predicted molar refractivity (Wildman–Crippen MR) is 46.6 cm³/mol. The van der Waals surface area contributed by atoms with E-state index in [1.165, 1.54) is 0 Å². The molecule has 1 rings (SSSR count). The zero-order valence-electron chi connectivity index (χ0n) is 7.82. The van der Waals surface area contributed by atoms with Crippen LogP contribution in [0.25, 0.3) is 0 Å². The Kier molecular flexibility index (Phi) is 4.09. The number of nitrogens with one attached hydrogen (secondary N) is 1. The smallest absolute Gasteiger partial charge is 0.317 e. The summed E-state index contributed by atoms with van der Waals surface area (Å²) in [6.45, 7) is 0.651. The predicted octanol–water partition coefficient (Wildman–Crippen LogP) is -0.00480. The molecular formula is C8H12N2O4. The molecule has 0 aromatic carbocycles. The molecule has 0 amide bonds. The molecule has 0 aliphatic rings. The van der Waals surface area contributed by atoms with Gasteiger partial charge in [-0.1, -0.05) is 5.16 Å². The zero-order valence-corrected chi connectivity index (χ0v) is 7.82.